The first-order valence-electron chi connectivity index (χ1n) is 7.63. The number of nitrogens with zero attached hydrogens (tertiary/aromatic N) is 1. The second kappa shape index (κ2) is 9.27. The maximum atomic E-state index is 10.7. The second-order valence-corrected chi connectivity index (χ2v) is 6.41. The van der Waals surface area contributed by atoms with Gasteiger partial charge in [-0.25, -0.2) is 4.79 Å². The molecule has 26 heavy (non-hydrogen) atoms. The average molecular weight is 437 g/mol. The highest BCUT2D eigenvalue weighted by Gasteiger charge is 2.14. The summed E-state index contributed by atoms with van der Waals surface area (Å²) in [5, 5.41) is 18.9. The Balaban J connectivity index is 2.43. The van der Waals surface area contributed by atoms with E-state index >= 15 is 0 Å². The van der Waals surface area contributed by atoms with Crippen LogP contribution in [0.4, 0.5) is 0 Å². The van der Waals surface area contributed by atoms with Gasteiger partial charge < -0.3 is 14.6 Å². The van der Waals surface area contributed by atoms with Crippen molar-refractivity contribution in [2.75, 3.05) is 13.2 Å². The van der Waals surface area contributed by atoms with Gasteiger partial charge in [-0.1, -0.05) is 23.7 Å². The summed E-state index contributed by atoms with van der Waals surface area (Å²) in [5.74, 6) is -0.392. The van der Waals surface area contributed by atoms with Crippen LogP contribution in [0.15, 0.2) is 40.9 Å². The number of carboxylic acids is 1. The van der Waals surface area contributed by atoms with E-state index in [1.165, 1.54) is 0 Å². The van der Waals surface area contributed by atoms with Crippen LogP contribution in [0.3, 0.4) is 0 Å². The molecule has 0 aliphatic rings. The third-order valence-electron chi connectivity index (χ3n) is 3.26. The molecule has 0 atom stereocenters. The van der Waals surface area contributed by atoms with Crippen LogP contribution in [-0.2, 0) is 4.79 Å². The molecule has 0 amide bonds. The third-order valence-corrected chi connectivity index (χ3v) is 4.10. The highest BCUT2D eigenvalue weighted by atomic mass is 79.9. The number of aliphatic carboxylic acids is 1. The normalized spacial score (nSPS) is 10.9. The molecule has 134 valence electrons. The number of carbonyl (C=O) groups is 1. The van der Waals surface area contributed by atoms with Crippen molar-refractivity contribution in [2.45, 2.75) is 6.92 Å². The maximum absolute atomic E-state index is 10.7. The van der Waals surface area contributed by atoms with Gasteiger partial charge in [0.25, 0.3) is 0 Å². The van der Waals surface area contributed by atoms with Crippen molar-refractivity contribution in [3.05, 3.63) is 57.0 Å². The molecule has 5 nitrogen and oxygen atoms in total. The fourth-order valence-electron chi connectivity index (χ4n) is 2.18. The SMILES string of the molecule is CCOc1cc(C=C(C#N)c2ccc(Cl)cc2)cc(Br)c1OCC(=O)O. The highest BCUT2D eigenvalue weighted by Crippen LogP contribution is 2.38. The Hall–Kier alpha value is -2.49. The number of halogens is 2. The number of ether oxygens (including phenoxy) is 2. The number of hydrogen-bond acceptors (Lipinski definition) is 4. The van der Waals surface area contributed by atoms with Gasteiger partial charge >= 0.3 is 5.97 Å². The second-order valence-electron chi connectivity index (χ2n) is 5.12. The topological polar surface area (TPSA) is 79.5 Å². The lowest BCUT2D eigenvalue weighted by atomic mass is 10.0. The third kappa shape index (κ3) is 5.25. The fourth-order valence-corrected chi connectivity index (χ4v) is 2.88. The van der Waals surface area contributed by atoms with Crippen molar-refractivity contribution < 1.29 is 19.4 Å². The molecule has 7 heteroatoms. The van der Waals surface area contributed by atoms with Gasteiger partial charge in [-0.3, -0.25) is 0 Å². The molecule has 0 aromatic heterocycles. The van der Waals surface area contributed by atoms with Gasteiger partial charge in [-0.15, -0.1) is 0 Å². The summed E-state index contributed by atoms with van der Waals surface area (Å²) in [6.45, 7) is 1.71. The Morgan fingerprint density at radius 2 is 2.00 bits per heavy atom. The zero-order valence-corrected chi connectivity index (χ0v) is 16.2. The van der Waals surface area contributed by atoms with E-state index in [9.17, 15) is 10.1 Å². The molecular weight excluding hydrogens is 422 g/mol. The van der Waals surface area contributed by atoms with E-state index in [1.54, 1.807) is 42.5 Å². The number of hydrogen-bond donors (Lipinski definition) is 1. The molecule has 0 heterocycles. The van der Waals surface area contributed by atoms with Crippen LogP contribution < -0.4 is 9.47 Å². The van der Waals surface area contributed by atoms with Gasteiger partial charge in [0, 0.05) is 5.02 Å². The molecule has 0 saturated heterocycles. The van der Waals surface area contributed by atoms with Crippen LogP contribution in [0.1, 0.15) is 18.1 Å². The molecule has 0 aliphatic heterocycles. The Bertz CT molecular complexity index is 872. The summed E-state index contributed by atoms with van der Waals surface area (Å²) in [6.07, 6.45) is 1.71. The summed E-state index contributed by atoms with van der Waals surface area (Å²) in [7, 11) is 0. The van der Waals surface area contributed by atoms with Crippen molar-refractivity contribution in [3.63, 3.8) is 0 Å². The smallest absolute Gasteiger partial charge is 0.341 e. The number of carboxylic acid groups (broad SMARTS) is 1. The maximum Gasteiger partial charge on any atom is 0.341 e. The van der Waals surface area contributed by atoms with E-state index in [0.29, 0.717) is 38.7 Å². The number of nitriles is 1. The minimum Gasteiger partial charge on any atom is -0.490 e. The van der Waals surface area contributed by atoms with Crippen molar-refractivity contribution >= 4 is 45.1 Å². The van der Waals surface area contributed by atoms with Crippen LogP contribution in [0.5, 0.6) is 11.5 Å². The van der Waals surface area contributed by atoms with Gasteiger partial charge in [-0.2, -0.15) is 5.26 Å². The van der Waals surface area contributed by atoms with Gasteiger partial charge in [0.15, 0.2) is 18.1 Å². The molecule has 0 aliphatic carbocycles. The predicted octanol–water partition coefficient (Wildman–Crippen LogP) is 5.03. The van der Waals surface area contributed by atoms with Gasteiger partial charge in [0.2, 0.25) is 0 Å². The summed E-state index contributed by atoms with van der Waals surface area (Å²) in [4.78, 5) is 10.7. The van der Waals surface area contributed by atoms with Crippen molar-refractivity contribution in [1.29, 1.82) is 5.26 Å². The molecular formula is C19H15BrClNO4. The quantitative estimate of drug-likeness (QED) is 0.486. The Kier molecular flexibility index (Phi) is 7.07. The van der Waals surface area contributed by atoms with Gasteiger partial charge in [0.05, 0.1) is 22.7 Å². The van der Waals surface area contributed by atoms with E-state index in [0.717, 1.165) is 5.56 Å². The minimum atomic E-state index is -1.09. The first-order valence-corrected chi connectivity index (χ1v) is 8.80. The molecule has 0 bridgehead atoms. The first kappa shape index (κ1) is 19.8. The fraction of sp³-hybridized carbons (Fsp3) is 0.158. The number of benzene rings is 2. The molecule has 0 spiro atoms. The standard InChI is InChI=1S/C19H15BrClNO4/c1-2-25-17-9-12(8-16(20)19(17)26-11-18(23)24)7-14(10-22)13-3-5-15(21)6-4-13/h3-9H,2,11H2,1H3,(H,23,24). The van der Waals surface area contributed by atoms with Crippen LogP contribution in [0, 0.1) is 11.3 Å². The molecule has 0 radical (unpaired) electrons. The molecule has 0 saturated carbocycles. The summed E-state index contributed by atoms with van der Waals surface area (Å²) >= 11 is 9.25. The zero-order chi connectivity index (χ0) is 19.1. The lowest BCUT2D eigenvalue weighted by molar-refractivity contribution is -0.139. The van der Waals surface area contributed by atoms with E-state index in [4.69, 9.17) is 26.2 Å². The molecule has 2 aromatic rings. The minimum absolute atomic E-state index is 0.302. The van der Waals surface area contributed by atoms with Crippen molar-refractivity contribution in [3.8, 4) is 17.6 Å². The number of rotatable bonds is 7. The van der Waals surface area contributed by atoms with Crippen molar-refractivity contribution in [1.82, 2.24) is 0 Å². The molecule has 0 fully saturated rings. The van der Waals surface area contributed by atoms with Crippen LogP contribution in [0.2, 0.25) is 5.02 Å². The van der Waals surface area contributed by atoms with Crippen LogP contribution in [0.25, 0.3) is 11.6 Å². The summed E-state index contributed by atoms with van der Waals surface area (Å²) in [6, 6.07) is 12.5. The highest BCUT2D eigenvalue weighted by molar-refractivity contribution is 9.10. The first-order chi connectivity index (χ1) is 12.4. The Morgan fingerprint density at radius 3 is 2.58 bits per heavy atom. The van der Waals surface area contributed by atoms with Crippen molar-refractivity contribution in [2.24, 2.45) is 0 Å². The number of allylic oxidation sites excluding steroid dienone is 1. The Labute approximate surface area is 164 Å². The largest absolute Gasteiger partial charge is 0.490 e. The van der Waals surface area contributed by atoms with E-state index in [1.807, 2.05) is 6.92 Å². The van der Waals surface area contributed by atoms with E-state index in [-0.39, 0.29) is 0 Å². The van der Waals surface area contributed by atoms with Gasteiger partial charge in [-0.05, 0) is 64.3 Å². The Morgan fingerprint density at radius 1 is 1.31 bits per heavy atom. The molecule has 2 rings (SSSR count). The lowest BCUT2D eigenvalue weighted by Gasteiger charge is -2.13. The molecule has 2 aromatic carbocycles. The van der Waals surface area contributed by atoms with E-state index in [2.05, 4.69) is 22.0 Å². The van der Waals surface area contributed by atoms with E-state index < -0.39 is 12.6 Å². The summed E-state index contributed by atoms with van der Waals surface area (Å²) in [5.41, 5.74) is 1.89. The lowest BCUT2D eigenvalue weighted by Crippen LogP contribution is -2.10. The summed E-state index contributed by atoms with van der Waals surface area (Å²) < 4.78 is 11.4. The van der Waals surface area contributed by atoms with Crippen LogP contribution in [-0.4, -0.2) is 24.3 Å². The monoisotopic (exact) mass is 435 g/mol. The predicted molar refractivity (Wildman–Crippen MR) is 103 cm³/mol. The molecule has 1 N–H and O–H groups in total. The van der Waals surface area contributed by atoms with Gasteiger partial charge in [0.1, 0.15) is 0 Å². The zero-order valence-electron chi connectivity index (χ0n) is 13.8. The average Bonchev–Trinajstić information content (AvgIpc) is 2.60. The van der Waals surface area contributed by atoms with Crippen LogP contribution >= 0.6 is 27.5 Å². The molecule has 0 unspecified atom stereocenters.